The van der Waals surface area contributed by atoms with Crippen molar-refractivity contribution in [1.29, 1.82) is 0 Å². The molecule has 0 radical (unpaired) electrons. The Morgan fingerprint density at radius 3 is 2.50 bits per heavy atom. The highest BCUT2D eigenvalue weighted by Crippen LogP contribution is 2.23. The number of nitrogens with one attached hydrogen (secondary N) is 1. The van der Waals surface area contributed by atoms with Crippen molar-refractivity contribution in [2.75, 3.05) is 34.3 Å². The summed E-state index contributed by atoms with van der Waals surface area (Å²) in [6.45, 7) is 8.21. The number of rotatable bonds is 7. The van der Waals surface area contributed by atoms with E-state index < -0.39 is 0 Å². The zero-order chi connectivity index (χ0) is 15.3. The average molecular weight is 282 g/mol. The summed E-state index contributed by atoms with van der Waals surface area (Å²) in [7, 11) is 5.67. The van der Waals surface area contributed by atoms with E-state index in [-0.39, 0.29) is 17.3 Å². The Balaban J connectivity index is 2.65. The Hall–Kier alpha value is -1.13. The first-order valence-electron chi connectivity index (χ1n) is 6.97. The van der Waals surface area contributed by atoms with Crippen LogP contribution in [0.5, 0.6) is 5.75 Å². The summed E-state index contributed by atoms with van der Waals surface area (Å²) in [5, 5.41) is 3.42. The van der Waals surface area contributed by atoms with Gasteiger partial charge in [-0.1, -0.05) is 19.9 Å². The van der Waals surface area contributed by atoms with E-state index in [0.717, 1.165) is 13.1 Å². The number of nitrogens with zero attached hydrogens (tertiary/aromatic N) is 1. The fraction of sp³-hybridized carbons (Fsp3) is 0.625. The van der Waals surface area contributed by atoms with Crippen LogP contribution in [0.1, 0.15) is 32.4 Å². The van der Waals surface area contributed by atoms with E-state index in [0.29, 0.717) is 11.3 Å². The molecule has 0 bridgehead atoms. The van der Waals surface area contributed by atoms with Crippen molar-refractivity contribution in [2.45, 2.75) is 26.8 Å². The standard InChI is InChI=1S/C16H27FN2O/c1-12(18-10-16(2,3)11-19(4)5)14-8-7-13(20-6)9-15(14)17/h7-9,12,18H,10-11H2,1-6H3. The number of ether oxygens (including phenoxy) is 1. The first kappa shape index (κ1) is 16.9. The van der Waals surface area contributed by atoms with Gasteiger partial charge < -0.3 is 15.0 Å². The molecule has 0 spiro atoms. The molecule has 1 N–H and O–H groups in total. The average Bonchev–Trinajstić information content (AvgIpc) is 2.34. The molecule has 0 aromatic heterocycles. The third-order valence-electron chi connectivity index (χ3n) is 3.31. The highest BCUT2D eigenvalue weighted by molar-refractivity contribution is 5.30. The van der Waals surface area contributed by atoms with Gasteiger partial charge in [0.2, 0.25) is 0 Å². The van der Waals surface area contributed by atoms with Crippen molar-refractivity contribution >= 4 is 0 Å². The van der Waals surface area contributed by atoms with Gasteiger partial charge in [0.15, 0.2) is 0 Å². The van der Waals surface area contributed by atoms with Crippen molar-refractivity contribution < 1.29 is 9.13 Å². The predicted octanol–water partition coefficient (Wildman–Crippen LogP) is 3.07. The van der Waals surface area contributed by atoms with Gasteiger partial charge in [0.1, 0.15) is 11.6 Å². The van der Waals surface area contributed by atoms with Gasteiger partial charge in [0.05, 0.1) is 7.11 Å². The SMILES string of the molecule is COc1ccc(C(C)NCC(C)(C)CN(C)C)c(F)c1. The van der Waals surface area contributed by atoms with Gasteiger partial charge in [-0.15, -0.1) is 0 Å². The predicted molar refractivity (Wildman–Crippen MR) is 81.7 cm³/mol. The number of methoxy groups -OCH3 is 1. The van der Waals surface area contributed by atoms with Crippen LogP contribution in [-0.2, 0) is 0 Å². The molecule has 0 aliphatic carbocycles. The lowest BCUT2D eigenvalue weighted by molar-refractivity contribution is 0.226. The molecule has 114 valence electrons. The molecule has 0 aliphatic heterocycles. The molecule has 0 saturated heterocycles. The minimum absolute atomic E-state index is 0.0256. The highest BCUT2D eigenvalue weighted by atomic mass is 19.1. The molecule has 1 aromatic rings. The second kappa shape index (κ2) is 7.04. The summed E-state index contributed by atoms with van der Waals surface area (Å²) in [6, 6.07) is 4.98. The Labute approximate surface area is 122 Å². The third-order valence-corrected chi connectivity index (χ3v) is 3.31. The van der Waals surface area contributed by atoms with Crippen LogP contribution in [0.3, 0.4) is 0 Å². The second-order valence-electron chi connectivity index (χ2n) is 6.39. The molecular weight excluding hydrogens is 255 g/mol. The fourth-order valence-corrected chi connectivity index (χ4v) is 2.44. The second-order valence-corrected chi connectivity index (χ2v) is 6.39. The third kappa shape index (κ3) is 5.10. The molecule has 4 heteroatoms. The van der Waals surface area contributed by atoms with Gasteiger partial charge in [-0.3, -0.25) is 0 Å². The van der Waals surface area contributed by atoms with Crippen molar-refractivity contribution in [3.63, 3.8) is 0 Å². The minimum Gasteiger partial charge on any atom is -0.497 e. The van der Waals surface area contributed by atoms with Crippen LogP contribution in [0.4, 0.5) is 4.39 Å². The maximum atomic E-state index is 14.0. The molecule has 0 fully saturated rings. The lowest BCUT2D eigenvalue weighted by Gasteiger charge is -2.30. The Morgan fingerprint density at radius 1 is 1.35 bits per heavy atom. The largest absolute Gasteiger partial charge is 0.497 e. The van der Waals surface area contributed by atoms with E-state index in [4.69, 9.17) is 4.74 Å². The minimum atomic E-state index is -0.227. The van der Waals surface area contributed by atoms with Crippen molar-refractivity contribution in [3.05, 3.63) is 29.6 Å². The molecule has 1 unspecified atom stereocenters. The molecule has 1 rings (SSSR count). The fourth-order valence-electron chi connectivity index (χ4n) is 2.44. The smallest absolute Gasteiger partial charge is 0.131 e. The summed E-state index contributed by atoms with van der Waals surface area (Å²) < 4.78 is 19.0. The Bertz CT molecular complexity index is 432. The first-order valence-corrected chi connectivity index (χ1v) is 6.97. The normalized spacial score (nSPS) is 13.6. The van der Waals surface area contributed by atoms with Gasteiger partial charge >= 0.3 is 0 Å². The van der Waals surface area contributed by atoms with Crippen LogP contribution in [0.25, 0.3) is 0 Å². The van der Waals surface area contributed by atoms with Gasteiger partial charge in [-0.05, 0) is 32.5 Å². The first-order chi connectivity index (χ1) is 9.25. The lowest BCUT2D eigenvalue weighted by atomic mass is 9.92. The number of hydrogen-bond acceptors (Lipinski definition) is 3. The molecule has 0 amide bonds. The maximum Gasteiger partial charge on any atom is 0.131 e. The summed E-state index contributed by atoms with van der Waals surface area (Å²) in [6.07, 6.45) is 0. The van der Waals surface area contributed by atoms with E-state index >= 15 is 0 Å². The molecule has 0 heterocycles. The summed E-state index contributed by atoms with van der Waals surface area (Å²) in [5.74, 6) is 0.321. The lowest BCUT2D eigenvalue weighted by Crippen LogP contribution is -2.38. The molecule has 0 saturated carbocycles. The van der Waals surface area contributed by atoms with E-state index in [9.17, 15) is 4.39 Å². The number of halogens is 1. The number of hydrogen-bond donors (Lipinski definition) is 1. The van der Waals surface area contributed by atoms with Crippen molar-refractivity contribution in [3.8, 4) is 5.75 Å². The van der Waals surface area contributed by atoms with Gasteiger partial charge in [-0.25, -0.2) is 4.39 Å². The van der Waals surface area contributed by atoms with Crippen LogP contribution in [0.2, 0.25) is 0 Å². The number of benzene rings is 1. The molecule has 20 heavy (non-hydrogen) atoms. The van der Waals surface area contributed by atoms with Crippen molar-refractivity contribution in [1.82, 2.24) is 10.2 Å². The molecule has 0 aliphatic rings. The Morgan fingerprint density at radius 2 is 2.00 bits per heavy atom. The maximum absolute atomic E-state index is 14.0. The van der Waals surface area contributed by atoms with Crippen LogP contribution < -0.4 is 10.1 Å². The van der Waals surface area contributed by atoms with Crippen LogP contribution in [0.15, 0.2) is 18.2 Å². The van der Waals surface area contributed by atoms with Gasteiger partial charge in [0, 0.05) is 30.8 Å². The van der Waals surface area contributed by atoms with Crippen LogP contribution >= 0.6 is 0 Å². The molecular formula is C16H27FN2O. The monoisotopic (exact) mass is 282 g/mol. The molecule has 3 nitrogen and oxygen atoms in total. The Kier molecular flexibility index (Phi) is 5.96. The summed E-state index contributed by atoms with van der Waals surface area (Å²) >= 11 is 0. The zero-order valence-electron chi connectivity index (χ0n) is 13.5. The molecule has 1 aromatic carbocycles. The summed E-state index contributed by atoms with van der Waals surface area (Å²) in [4.78, 5) is 2.17. The quantitative estimate of drug-likeness (QED) is 0.832. The zero-order valence-corrected chi connectivity index (χ0v) is 13.5. The van der Waals surface area contributed by atoms with Crippen molar-refractivity contribution in [2.24, 2.45) is 5.41 Å². The summed E-state index contributed by atoms with van der Waals surface area (Å²) in [5.41, 5.74) is 0.812. The topological polar surface area (TPSA) is 24.5 Å². The van der Waals surface area contributed by atoms with E-state index in [2.05, 4.69) is 38.2 Å². The highest BCUT2D eigenvalue weighted by Gasteiger charge is 2.20. The van der Waals surface area contributed by atoms with E-state index in [1.807, 2.05) is 6.92 Å². The van der Waals surface area contributed by atoms with E-state index in [1.165, 1.54) is 6.07 Å². The van der Waals surface area contributed by atoms with Gasteiger partial charge in [0.25, 0.3) is 0 Å². The van der Waals surface area contributed by atoms with Crippen LogP contribution in [-0.4, -0.2) is 39.2 Å². The van der Waals surface area contributed by atoms with E-state index in [1.54, 1.807) is 19.2 Å². The molecule has 1 atom stereocenters. The van der Waals surface area contributed by atoms with Gasteiger partial charge in [-0.2, -0.15) is 0 Å². The van der Waals surface area contributed by atoms with Crippen LogP contribution in [0, 0.1) is 11.2 Å².